The average Bonchev–Trinajstić information content (AvgIpc) is 3.23. The summed E-state index contributed by atoms with van der Waals surface area (Å²) in [6, 6.07) is 3.89. The first-order chi connectivity index (χ1) is 15.4. The fourth-order valence-electron chi connectivity index (χ4n) is 3.31. The minimum atomic E-state index is -4.80. The Labute approximate surface area is 185 Å². The van der Waals surface area contributed by atoms with E-state index < -0.39 is 33.3 Å². The number of aromatic amines is 1. The molecule has 2 aromatic heterocycles. The van der Waals surface area contributed by atoms with Crippen LogP contribution >= 0.6 is 0 Å². The molecule has 1 N–H and O–H groups in total. The highest BCUT2D eigenvalue weighted by molar-refractivity contribution is 7.90. The van der Waals surface area contributed by atoms with Crippen molar-refractivity contribution in [2.24, 2.45) is 0 Å². The van der Waals surface area contributed by atoms with E-state index in [4.69, 9.17) is 4.74 Å². The van der Waals surface area contributed by atoms with Crippen molar-refractivity contribution in [3.63, 3.8) is 0 Å². The summed E-state index contributed by atoms with van der Waals surface area (Å²) in [5, 5.41) is -0.303. The third-order valence-corrected chi connectivity index (χ3v) is 5.83. The fraction of sp³-hybridized carbons (Fsp3) is 0.250. The predicted molar refractivity (Wildman–Crippen MR) is 106 cm³/mol. The maximum Gasteiger partial charge on any atom is 0.419 e. The molecule has 0 saturated carbocycles. The average molecular weight is 484 g/mol. The number of nitrogens with one attached hydrogen (secondary N) is 1. The molecule has 13 heteroatoms. The Morgan fingerprint density at radius 1 is 1.21 bits per heavy atom. The van der Waals surface area contributed by atoms with Gasteiger partial charge in [-0.15, -0.1) is 0 Å². The molecular formula is C20H16F4N4O4S. The molecule has 1 aliphatic heterocycles. The summed E-state index contributed by atoms with van der Waals surface area (Å²) in [6.07, 6.45) is -0.891. The predicted octanol–water partition coefficient (Wildman–Crippen LogP) is 3.36. The summed E-state index contributed by atoms with van der Waals surface area (Å²) in [5.74, 6) is -1.82. The Morgan fingerprint density at radius 3 is 2.61 bits per heavy atom. The summed E-state index contributed by atoms with van der Waals surface area (Å²) in [7, 11) is -3.58. The normalized spacial score (nSPS) is 14.2. The second-order valence-corrected chi connectivity index (χ2v) is 9.29. The Morgan fingerprint density at radius 2 is 1.97 bits per heavy atom. The minimum Gasteiger partial charge on any atom is -0.456 e. The van der Waals surface area contributed by atoms with E-state index >= 15 is 0 Å². The fourth-order valence-corrected chi connectivity index (χ4v) is 3.85. The molecule has 1 aliphatic rings. The van der Waals surface area contributed by atoms with Gasteiger partial charge in [0.1, 0.15) is 23.0 Å². The number of pyridine rings is 1. The van der Waals surface area contributed by atoms with Gasteiger partial charge in [0.15, 0.2) is 0 Å². The maximum absolute atomic E-state index is 13.8. The minimum absolute atomic E-state index is 0.0387. The number of sulfone groups is 1. The molecule has 0 radical (unpaired) electrons. The van der Waals surface area contributed by atoms with Crippen LogP contribution in [0.2, 0.25) is 0 Å². The van der Waals surface area contributed by atoms with E-state index in [0.29, 0.717) is 30.8 Å². The number of fused-ring (bicyclic) bond motifs is 1. The van der Waals surface area contributed by atoms with Gasteiger partial charge in [-0.25, -0.2) is 17.8 Å². The Balaban J connectivity index is 1.47. The first kappa shape index (κ1) is 22.7. The van der Waals surface area contributed by atoms with Crippen LogP contribution in [0.1, 0.15) is 27.3 Å². The SMILES string of the molecule is CS(=O)(=O)c1nc(C(=O)N2CCc3cc(Oc4ccc(C(F)(F)F)c(F)c4)cnc3C2)c[nH]1. The van der Waals surface area contributed by atoms with E-state index in [1.54, 1.807) is 6.07 Å². The van der Waals surface area contributed by atoms with Gasteiger partial charge in [-0.1, -0.05) is 0 Å². The van der Waals surface area contributed by atoms with Crippen molar-refractivity contribution < 1.29 is 35.5 Å². The number of hydrogen-bond donors (Lipinski definition) is 1. The Bertz CT molecular complexity index is 1340. The highest BCUT2D eigenvalue weighted by Gasteiger charge is 2.34. The van der Waals surface area contributed by atoms with Gasteiger partial charge in [0.2, 0.25) is 15.0 Å². The molecule has 3 aromatic rings. The van der Waals surface area contributed by atoms with Gasteiger partial charge in [0, 0.05) is 25.1 Å². The summed E-state index contributed by atoms with van der Waals surface area (Å²) in [5.41, 5.74) is -0.103. The van der Waals surface area contributed by atoms with Crippen LogP contribution in [0.4, 0.5) is 17.6 Å². The number of amides is 1. The zero-order chi connectivity index (χ0) is 24.0. The van der Waals surface area contributed by atoms with Crippen LogP contribution in [0.5, 0.6) is 11.5 Å². The summed E-state index contributed by atoms with van der Waals surface area (Å²) >= 11 is 0. The highest BCUT2D eigenvalue weighted by Crippen LogP contribution is 2.34. The third-order valence-electron chi connectivity index (χ3n) is 4.92. The lowest BCUT2D eigenvalue weighted by Crippen LogP contribution is -2.36. The van der Waals surface area contributed by atoms with Gasteiger partial charge in [-0.05, 0) is 30.2 Å². The van der Waals surface area contributed by atoms with E-state index in [-0.39, 0.29) is 28.9 Å². The molecule has 0 fully saturated rings. The van der Waals surface area contributed by atoms with Crippen molar-refractivity contribution in [3.05, 3.63) is 65.0 Å². The van der Waals surface area contributed by atoms with Crippen molar-refractivity contribution >= 4 is 15.7 Å². The molecule has 0 aliphatic carbocycles. The molecule has 1 aromatic carbocycles. The molecule has 0 saturated heterocycles. The molecule has 0 bridgehead atoms. The summed E-state index contributed by atoms with van der Waals surface area (Å²) in [4.78, 5) is 24.7. The van der Waals surface area contributed by atoms with Crippen molar-refractivity contribution in [2.75, 3.05) is 12.8 Å². The van der Waals surface area contributed by atoms with E-state index in [2.05, 4.69) is 15.0 Å². The smallest absolute Gasteiger partial charge is 0.419 e. The zero-order valence-corrected chi connectivity index (χ0v) is 17.8. The number of imidazole rings is 1. The van der Waals surface area contributed by atoms with E-state index in [1.807, 2.05) is 0 Å². The maximum atomic E-state index is 13.8. The number of hydrogen-bond acceptors (Lipinski definition) is 6. The number of carbonyl (C=O) groups is 1. The molecule has 33 heavy (non-hydrogen) atoms. The van der Waals surface area contributed by atoms with Crippen molar-refractivity contribution in [2.45, 2.75) is 24.3 Å². The third kappa shape index (κ3) is 4.82. The molecule has 0 unspecified atom stereocenters. The summed E-state index contributed by atoms with van der Waals surface area (Å²) < 4.78 is 80.4. The molecule has 0 atom stereocenters. The van der Waals surface area contributed by atoms with Crippen LogP contribution in [0.3, 0.4) is 0 Å². The number of H-pyrrole nitrogens is 1. The van der Waals surface area contributed by atoms with Gasteiger partial charge in [0.05, 0.1) is 24.0 Å². The van der Waals surface area contributed by atoms with Crippen LogP contribution in [0.15, 0.2) is 41.8 Å². The lowest BCUT2D eigenvalue weighted by Gasteiger charge is -2.27. The molecule has 8 nitrogen and oxygen atoms in total. The van der Waals surface area contributed by atoms with Crippen LogP contribution in [-0.4, -0.2) is 47.0 Å². The van der Waals surface area contributed by atoms with Crippen molar-refractivity contribution in [1.29, 1.82) is 0 Å². The van der Waals surface area contributed by atoms with Gasteiger partial charge in [-0.2, -0.15) is 13.2 Å². The Hall–Kier alpha value is -3.48. The second-order valence-electron chi connectivity index (χ2n) is 7.36. The number of carbonyl (C=O) groups excluding carboxylic acids is 1. The van der Waals surface area contributed by atoms with Gasteiger partial charge in [0.25, 0.3) is 5.91 Å². The molecular weight excluding hydrogens is 468 g/mol. The Kier molecular flexibility index (Phi) is 5.60. The first-order valence-corrected chi connectivity index (χ1v) is 11.4. The van der Waals surface area contributed by atoms with E-state index in [0.717, 1.165) is 17.9 Å². The van der Waals surface area contributed by atoms with E-state index in [1.165, 1.54) is 17.3 Å². The largest absolute Gasteiger partial charge is 0.456 e. The van der Waals surface area contributed by atoms with Crippen molar-refractivity contribution in [1.82, 2.24) is 19.9 Å². The molecule has 4 rings (SSSR count). The lowest BCUT2D eigenvalue weighted by molar-refractivity contribution is -0.140. The highest BCUT2D eigenvalue weighted by atomic mass is 32.2. The number of rotatable bonds is 4. The first-order valence-electron chi connectivity index (χ1n) is 9.49. The zero-order valence-electron chi connectivity index (χ0n) is 17.0. The van der Waals surface area contributed by atoms with Gasteiger partial charge in [-0.3, -0.25) is 9.78 Å². The van der Waals surface area contributed by atoms with Crippen LogP contribution in [-0.2, 0) is 29.0 Å². The van der Waals surface area contributed by atoms with Gasteiger partial charge < -0.3 is 14.6 Å². The number of alkyl halides is 3. The number of halogens is 4. The quantitative estimate of drug-likeness (QED) is 0.570. The standard InChI is InChI=1S/C20H16F4N4O4S/c1-33(30,31)19-26-9-16(27-19)18(29)28-5-4-11-6-13(8-25-17(11)10-28)32-12-2-3-14(15(21)7-12)20(22,23)24/h2-3,6-9H,4-5,10H2,1H3,(H,26,27). The van der Waals surface area contributed by atoms with Crippen molar-refractivity contribution in [3.8, 4) is 11.5 Å². The molecule has 1 amide bonds. The molecule has 3 heterocycles. The van der Waals surface area contributed by atoms with Crippen LogP contribution in [0, 0.1) is 5.82 Å². The topological polar surface area (TPSA) is 105 Å². The molecule has 0 spiro atoms. The molecule has 174 valence electrons. The van der Waals surface area contributed by atoms with Crippen LogP contribution < -0.4 is 4.74 Å². The summed E-state index contributed by atoms with van der Waals surface area (Å²) in [6.45, 7) is 0.442. The lowest BCUT2D eigenvalue weighted by atomic mass is 10.0. The van der Waals surface area contributed by atoms with Crippen LogP contribution in [0.25, 0.3) is 0 Å². The number of benzene rings is 1. The number of ether oxygens (including phenoxy) is 1. The number of nitrogens with zero attached hydrogens (tertiary/aromatic N) is 3. The van der Waals surface area contributed by atoms with E-state index in [9.17, 15) is 30.8 Å². The van der Waals surface area contributed by atoms with Gasteiger partial charge >= 0.3 is 6.18 Å². The monoisotopic (exact) mass is 484 g/mol. The second kappa shape index (κ2) is 8.14. The number of aromatic nitrogens is 3.